The van der Waals surface area contributed by atoms with Crippen LogP contribution in [0.1, 0.15) is 57.8 Å². The molecule has 0 aromatic heterocycles. The third-order valence-electron chi connectivity index (χ3n) is 4.20. The van der Waals surface area contributed by atoms with E-state index in [4.69, 9.17) is 9.78 Å². The largest absolute Gasteiger partial charge is 0.378 e. The van der Waals surface area contributed by atoms with Crippen LogP contribution in [0.4, 0.5) is 5.69 Å². The van der Waals surface area contributed by atoms with Crippen LogP contribution >= 0.6 is 0 Å². The fourth-order valence-corrected chi connectivity index (χ4v) is 2.64. The van der Waals surface area contributed by atoms with Crippen molar-refractivity contribution in [2.45, 2.75) is 53.1 Å². The fraction of sp³-hybridized carbons (Fsp3) is 0.421. The number of hydrogen-bond acceptors (Lipinski definition) is 6. The van der Waals surface area contributed by atoms with E-state index in [2.05, 4.69) is 5.04 Å². The van der Waals surface area contributed by atoms with Gasteiger partial charge in [-0.05, 0) is 51.3 Å². The molecular formula is C19H23NO6. The van der Waals surface area contributed by atoms with Crippen molar-refractivity contribution in [1.29, 1.82) is 0 Å². The molecule has 0 fully saturated rings. The average Bonchev–Trinajstić information content (AvgIpc) is 2.78. The van der Waals surface area contributed by atoms with Crippen LogP contribution in [0.3, 0.4) is 0 Å². The summed E-state index contributed by atoms with van der Waals surface area (Å²) in [6.45, 7) is 8.75. The molecule has 0 saturated heterocycles. The van der Waals surface area contributed by atoms with Gasteiger partial charge < -0.3 is 0 Å². The Labute approximate surface area is 152 Å². The zero-order chi connectivity index (χ0) is 19.5. The van der Waals surface area contributed by atoms with E-state index < -0.39 is 23.4 Å². The molecule has 1 aliphatic rings. The third kappa shape index (κ3) is 4.00. The van der Waals surface area contributed by atoms with E-state index in [1.165, 1.54) is 12.1 Å². The van der Waals surface area contributed by atoms with Crippen molar-refractivity contribution in [2.75, 3.05) is 4.90 Å². The number of amides is 2. The van der Waals surface area contributed by atoms with Gasteiger partial charge in [-0.25, -0.2) is 9.69 Å². The molecule has 0 radical (unpaired) electrons. The molecule has 26 heavy (non-hydrogen) atoms. The van der Waals surface area contributed by atoms with Gasteiger partial charge in [0.25, 0.3) is 11.8 Å². The van der Waals surface area contributed by atoms with E-state index >= 15 is 0 Å². The highest BCUT2D eigenvalue weighted by molar-refractivity contribution is 6.33. The molecule has 0 atom stereocenters. The molecule has 0 bridgehead atoms. The topological polar surface area (TPSA) is 82.1 Å². The van der Waals surface area contributed by atoms with Crippen molar-refractivity contribution < 1.29 is 29.2 Å². The zero-order valence-electron chi connectivity index (χ0n) is 15.6. The average molecular weight is 361 g/mol. The lowest BCUT2D eigenvalue weighted by atomic mass is 10.0. The highest BCUT2D eigenvalue weighted by Gasteiger charge is 2.36. The fourth-order valence-electron chi connectivity index (χ4n) is 2.64. The summed E-state index contributed by atoms with van der Waals surface area (Å²) in [5, 5.41) is 4.63. The predicted molar refractivity (Wildman–Crippen MR) is 93.9 cm³/mol. The number of nitrogens with zero attached hydrogens (tertiary/aromatic N) is 1. The Morgan fingerprint density at radius 1 is 1.08 bits per heavy atom. The third-order valence-corrected chi connectivity index (χ3v) is 4.20. The monoisotopic (exact) mass is 361 g/mol. The minimum Gasteiger partial charge on any atom is -0.269 e. The van der Waals surface area contributed by atoms with Crippen LogP contribution in [0.15, 0.2) is 35.4 Å². The lowest BCUT2D eigenvalue weighted by molar-refractivity contribution is -0.513. The number of rotatable bonds is 7. The predicted octanol–water partition coefficient (Wildman–Crippen LogP) is 3.49. The minimum atomic E-state index is -0.865. The summed E-state index contributed by atoms with van der Waals surface area (Å²) < 4.78 is 0. The van der Waals surface area contributed by atoms with Gasteiger partial charge in [0.2, 0.25) is 0 Å². The minimum absolute atomic E-state index is 0.0218. The van der Waals surface area contributed by atoms with E-state index in [-0.39, 0.29) is 11.3 Å². The van der Waals surface area contributed by atoms with Crippen LogP contribution in [0, 0.1) is 0 Å². The van der Waals surface area contributed by atoms with Gasteiger partial charge in [-0.1, -0.05) is 25.5 Å². The Hall–Kier alpha value is -2.51. The molecule has 1 aromatic carbocycles. The number of hydrogen-bond donors (Lipinski definition) is 0. The number of carbonyl (C=O) groups is 3. The number of carbonyl (C=O) groups excluding carboxylic acids is 3. The second kappa shape index (κ2) is 7.80. The van der Waals surface area contributed by atoms with Gasteiger partial charge in [-0.15, -0.1) is 0 Å². The summed E-state index contributed by atoms with van der Waals surface area (Å²) in [6.07, 6.45) is 1.58. The maximum absolute atomic E-state index is 12.4. The van der Waals surface area contributed by atoms with Crippen LogP contribution in [-0.2, 0) is 24.4 Å². The molecule has 0 unspecified atom stereocenters. The van der Waals surface area contributed by atoms with Crippen molar-refractivity contribution in [3.8, 4) is 0 Å². The van der Waals surface area contributed by atoms with Crippen molar-refractivity contribution in [3.63, 3.8) is 0 Å². The molecule has 1 aromatic rings. The number of benzene rings is 1. The lowest BCUT2D eigenvalue weighted by Crippen LogP contribution is -2.33. The SMILES string of the molecule is CCCC(C)(C)OOOC(=O)c1ccccc1N1C(=O)C(C)=C(C)C1=O. The molecule has 0 N–H and O–H groups in total. The summed E-state index contributed by atoms with van der Waals surface area (Å²) in [5.41, 5.74) is 0.236. The maximum Gasteiger partial charge on any atom is 0.378 e. The molecule has 7 heteroatoms. The highest BCUT2D eigenvalue weighted by atomic mass is 17.5. The molecule has 140 valence electrons. The summed E-state index contributed by atoms with van der Waals surface area (Å²) in [5.74, 6) is -1.79. The van der Waals surface area contributed by atoms with E-state index in [9.17, 15) is 14.4 Å². The lowest BCUT2D eigenvalue weighted by Gasteiger charge is -2.21. The summed E-state index contributed by atoms with van der Waals surface area (Å²) in [4.78, 5) is 47.8. The molecule has 2 rings (SSSR count). The Kier molecular flexibility index (Phi) is 5.94. The van der Waals surface area contributed by atoms with E-state index in [0.717, 1.165) is 11.3 Å². The molecule has 1 heterocycles. The maximum atomic E-state index is 12.4. The van der Waals surface area contributed by atoms with Crippen LogP contribution in [-0.4, -0.2) is 23.4 Å². The van der Waals surface area contributed by atoms with E-state index in [0.29, 0.717) is 17.6 Å². The second-order valence-electron chi connectivity index (χ2n) is 6.74. The highest BCUT2D eigenvalue weighted by Crippen LogP contribution is 2.30. The van der Waals surface area contributed by atoms with Gasteiger partial charge in [0.15, 0.2) is 0 Å². The Morgan fingerprint density at radius 3 is 2.23 bits per heavy atom. The summed E-state index contributed by atoms with van der Waals surface area (Å²) in [6, 6.07) is 6.17. The van der Waals surface area contributed by atoms with Gasteiger partial charge in [0.05, 0.1) is 11.3 Å². The van der Waals surface area contributed by atoms with Gasteiger partial charge in [-0.2, -0.15) is 4.89 Å². The van der Waals surface area contributed by atoms with Gasteiger partial charge in [0, 0.05) is 11.1 Å². The quantitative estimate of drug-likeness (QED) is 0.420. The van der Waals surface area contributed by atoms with E-state index in [1.54, 1.807) is 39.8 Å². The standard InChI is InChI=1S/C19H23NO6/c1-6-11-19(4,5)25-26-24-18(23)14-9-7-8-10-15(14)20-16(21)12(2)13(3)17(20)22/h7-10H,6,11H2,1-5H3. The molecular weight excluding hydrogens is 338 g/mol. The van der Waals surface area contributed by atoms with Crippen LogP contribution in [0.5, 0.6) is 0 Å². The Morgan fingerprint density at radius 2 is 1.65 bits per heavy atom. The van der Waals surface area contributed by atoms with Crippen molar-refractivity contribution >= 4 is 23.5 Å². The molecule has 7 nitrogen and oxygen atoms in total. The molecule has 0 saturated carbocycles. The number of para-hydroxylation sites is 1. The van der Waals surface area contributed by atoms with Crippen molar-refractivity contribution in [1.82, 2.24) is 0 Å². The first-order valence-electron chi connectivity index (χ1n) is 8.41. The van der Waals surface area contributed by atoms with Crippen LogP contribution in [0.25, 0.3) is 0 Å². The van der Waals surface area contributed by atoms with Gasteiger partial charge >= 0.3 is 5.97 Å². The van der Waals surface area contributed by atoms with Crippen molar-refractivity contribution in [3.05, 3.63) is 41.0 Å². The number of imide groups is 1. The molecule has 0 aliphatic carbocycles. The normalized spacial score (nSPS) is 15.0. The van der Waals surface area contributed by atoms with Gasteiger partial charge in [-0.3, -0.25) is 14.5 Å². The zero-order valence-corrected chi connectivity index (χ0v) is 15.6. The molecule has 1 aliphatic heterocycles. The van der Waals surface area contributed by atoms with Crippen molar-refractivity contribution in [2.24, 2.45) is 0 Å². The van der Waals surface area contributed by atoms with Gasteiger partial charge in [0.1, 0.15) is 5.60 Å². The first-order valence-corrected chi connectivity index (χ1v) is 8.41. The first kappa shape index (κ1) is 19.8. The number of anilines is 1. The van der Waals surface area contributed by atoms with E-state index in [1.807, 2.05) is 6.92 Å². The smallest absolute Gasteiger partial charge is 0.269 e. The Balaban J connectivity index is 2.16. The first-order chi connectivity index (χ1) is 12.2. The van der Waals surface area contributed by atoms with Crippen LogP contribution in [0.2, 0.25) is 0 Å². The Bertz CT molecular complexity index is 741. The molecule has 0 spiro atoms. The van der Waals surface area contributed by atoms with Crippen LogP contribution < -0.4 is 4.90 Å². The summed E-state index contributed by atoms with van der Waals surface area (Å²) >= 11 is 0. The second-order valence-corrected chi connectivity index (χ2v) is 6.74. The molecule has 2 amide bonds. The summed E-state index contributed by atoms with van der Waals surface area (Å²) in [7, 11) is 0.